The highest BCUT2D eigenvalue weighted by Gasteiger charge is 2.26. The van der Waals surface area contributed by atoms with Gasteiger partial charge in [-0.25, -0.2) is 0 Å². The summed E-state index contributed by atoms with van der Waals surface area (Å²) in [5.74, 6) is 0.339. The minimum Gasteiger partial charge on any atom is -0.352 e. The molecule has 2 heterocycles. The van der Waals surface area contributed by atoms with Crippen molar-refractivity contribution in [3.63, 3.8) is 0 Å². The van der Waals surface area contributed by atoms with Gasteiger partial charge in [0.25, 0.3) is 0 Å². The van der Waals surface area contributed by atoms with Gasteiger partial charge < -0.3 is 20.4 Å². The summed E-state index contributed by atoms with van der Waals surface area (Å²) in [5.41, 5.74) is 0. The van der Waals surface area contributed by atoms with Gasteiger partial charge in [0.05, 0.1) is 6.04 Å². The lowest BCUT2D eigenvalue weighted by Crippen LogP contribution is -2.49. The molecule has 0 radical (unpaired) electrons. The Labute approximate surface area is 127 Å². The lowest BCUT2D eigenvalue weighted by atomic mass is 10.0. The van der Waals surface area contributed by atoms with Crippen LogP contribution < -0.4 is 10.6 Å². The molecule has 21 heavy (non-hydrogen) atoms. The van der Waals surface area contributed by atoms with Gasteiger partial charge in [0.1, 0.15) is 0 Å². The van der Waals surface area contributed by atoms with Gasteiger partial charge >= 0.3 is 0 Å². The van der Waals surface area contributed by atoms with Crippen molar-refractivity contribution in [1.29, 1.82) is 0 Å². The van der Waals surface area contributed by atoms with Gasteiger partial charge in [-0.2, -0.15) is 0 Å². The third-order valence-corrected chi connectivity index (χ3v) is 4.45. The van der Waals surface area contributed by atoms with E-state index in [-0.39, 0.29) is 17.9 Å². The number of carbonyl (C=O) groups excluding carboxylic acids is 2. The molecular weight excluding hydrogens is 268 g/mol. The predicted octanol–water partition coefficient (Wildman–Crippen LogP) is -0.203. The molecule has 2 N–H and O–H groups in total. The molecule has 2 aliphatic rings. The molecule has 0 spiro atoms. The van der Waals surface area contributed by atoms with E-state index in [1.807, 2.05) is 0 Å². The summed E-state index contributed by atoms with van der Waals surface area (Å²) < 4.78 is 0. The standard InChI is InChI=1S/C15H28N4O2/c1-18(2)14(20)7-11-19-9-5-12(6-10-19)17-15(21)13-4-3-8-16-13/h12-13,16H,3-11H2,1-2H3,(H,17,21). The summed E-state index contributed by atoms with van der Waals surface area (Å²) in [7, 11) is 3.59. The Hall–Kier alpha value is -1.14. The highest BCUT2D eigenvalue weighted by atomic mass is 16.2. The minimum atomic E-state index is 0.0146. The van der Waals surface area contributed by atoms with Crippen molar-refractivity contribution in [2.75, 3.05) is 40.3 Å². The van der Waals surface area contributed by atoms with Crippen molar-refractivity contribution >= 4 is 11.8 Å². The number of nitrogens with one attached hydrogen (secondary N) is 2. The number of likely N-dealkylation sites (tertiary alicyclic amines) is 1. The highest BCUT2D eigenvalue weighted by Crippen LogP contribution is 2.12. The predicted molar refractivity (Wildman–Crippen MR) is 81.9 cm³/mol. The lowest BCUT2D eigenvalue weighted by molar-refractivity contribution is -0.129. The van der Waals surface area contributed by atoms with Crippen LogP contribution in [0.1, 0.15) is 32.1 Å². The molecule has 6 heteroatoms. The Morgan fingerprint density at radius 2 is 1.95 bits per heavy atom. The van der Waals surface area contributed by atoms with E-state index in [0.29, 0.717) is 12.5 Å². The fraction of sp³-hybridized carbons (Fsp3) is 0.867. The van der Waals surface area contributed by atoms with Crippen LogP contribution in [-0.2, 0) is 9.59 Å². The van der Waals surface area contributed by atoms with Crippen molar-refractivity contribution < 1.29 is 9.59 Å². The summed E-state index contributed by atoms with van der Waals surface area (Å²) in [6.45, 7) is 3.70. The van der Waals surface area contributed by atoms with Gasteiger partial charge in [-0.3, -0.25) is 9.59 Å². The molecule has 2 fully saturated rings. The number of hydrogen-bond acceptors (Lipinski definition) is 4. The van der Waals surface area contributed by atoms with Crippen molar-refractivity contribution in [2.24, 2.45) is 0 Å². The number of nitrogens with zero attached hydrogens (tertiary/aromatic N) is 2. The molecule has 0 aromatic carbocycles. The third-order valence-electron chi connectivity index (χ3n) is 4.45. The lowest BCUT2D eigenvalue weighted by Gasteiger charge is -2.32. The smallest absolute Gasteiger partial charge is 0.237 e. The van der Waals surface area contributed by atoms with Crippen LogP contribution in [0.25, 0.3) is 0 Å². The third kappa shape index (κ3) is 4.97. The Kier molecular flexibility index (Phi) is 5.99. The summed E-state index contributed by atoms with van der Waals surface area (Å²) in [5, 5.41) is 6.39. The normalized spacial score (nSPS) is 24.0. The quantitative estimate of drug-likeness (QED) is 0.737. The molecular formula is C15H28N4O2. The second kappa shape index (κ2) is 7.75. The van der Waals surface area contributed by atoms with Gasteiger partial charge in [-0.15, -0.1) is 0 Å². The Balaban J connectivity index is 1.63. The van der Waals surface area contributed by atoms with Crippen LogP contribution in [0, 0.1) is 0 Å². The second-order valence-corrected chi connectivity index (χ2v) is 6.31. The molecule has 2 rings (SSSR count). The van der Waals surface area contributed by atoms with Gasteiger partial charge in [-0.05, 0) is 32.2 Å². The average molecular weight is 296 g/mol. The van der Waals surface area contributed by atoms with Gasteiger partial charge in [0.15, 0.2) is 0 Å². The number of hydrogen-bond donors (Lipinski definition) is 2. The Bertz CT molecular complexity index is 359. The number of amides is 2. The van der Waals surface area contributed by atoms with Crippen LogP contribution in [0.15, 0.2) is 0 Å². The molecule has 1 unspecified atom stereocenters. The Morgan fingerprint density at radius 1 is 1.24 bits per heavy atom. The van der Waals surface area contributed by atoms with E-state index in [2.05, 4.69) is 15.5 Å². The van der Waals surface area contributed by atoms with Crippen molar-refractivity contribution in [2.45, 2.75) is 44.2 Å². The highest BCUT2D eigenvalue weighted by molar-refractivity contribution is 5.82. The second-order valence-electron chi connectivity index (χ2n) is 6.31. The number of piperidine rings is 1. The summed E-state index contributed by atoms with van der Waals surface area (Å²) >= 11 is 0. The zero-order chi connectivity index (χ0) is 15.2. The molecule has 1 atom stereocenters. The number of carbonyl (C=O) groups is 2. The van der Waals surface area contributed by atoms with Crippen molar-refractivity contribution in [3.05, 3.63) is 0 Å². The average Bonchev–Trinajstić information content (AvgIpc) is 3.00. The topological polar surface area (TPSA) is 64.7 Å². The van der Waals surface area contributed by atoms with Crippen LogP contribution in [0.3, 0.4) is 0 Å². The van der Waals surface area contributed by atoms with E-state index in [1.165, 1.54) is 0 Å². The van der Waals surface area contributed by atoms with Crippen LogP contribution in [0.2, 0.25) is 0 Å². The van der Waals surface area contributed by atoms with Gasteiger partial charge in [0, 0.05) is 46.2 Å². The maximum absolute atomic E-state index is 12.0. The van der Waals surface area contributed by atoms with Crippen molar-refractivity contribution in [1.82, 2.24) is 20.4 Å². The molecule has 120 valence electrons. The van der Waals surface area contributed by atoms with Gasteiger partial charge in [-0.1, -0.05) is 0 Å². The van der Waals surface area contributed by atoms with Crippen LogP contribution >= 0.6 is 0 Å². The SMILES string of the molecule is CN(C)C(=O)CCN1CCC(NC(=O)C2CCCN2)CC1. The molecule has 0 aromatic rings. The van der Waals surface area contributed by atoms with E-state index in [1.54, 1.807) is 19.0 Å². The maximum atomic E-state index is 12.0. The monoisotopic (exact) mass is 296 g/mol. The summed E-state index contributed by atoms with van der Waals surface area (Å²) in [6, 6.07) is 0.307. The number of rotatable bonds is 5. The Morgan fingerprint density at radius 3 is 2.52 bits per heavy atom. The molecule has 0 aromatic heterocycles. The van der Waals surface area contributed by atoms with E-state index in [4.69, 9.17) is 0 Å². The van der Waals surface area contributed by atoms with E-state index in [0.717, 1.165) is 51.9 Å². The fourth-order valence-electron chi connectivity index (χ4n) is 2.99. The van der Waals surface area contributed by atoms with Gasteiger partial charge in [0.2, 0.25) is 11.8 Å². The fourth-order valence-corrected chi connectivity index (χ4v) is 2.99. The summed E-state index contributed by atoms with van der Waals surface area (Å²) in [4.78, 5) is 27.6. The largest absolute Gasteiger partial charge is 0.352 e. The molecule has 6 nitrogen and oxygen atoms in total. The van der Waals surface area contributed by atoms with E-state index >= 15 is 0 Å². The summed E-state index contributed by atoms with van der Waals surface area (Å²) in [6.07, 6.45) is 4.59. The first kappa shape index (κ1) is 16.2. The van der Waals surface area contributed by atoms with Crippen LogP contribution in [0.4, 0.5) is 0 Å². The van der Waals surface area contributed by atoms with Crippen molar-refractivity contribution in [3.8, 4) is 0 Å². The molecule has 2 saturated heterocycles. The first-order chi connectivity index (χ1) is 10.1. The van der Waals surface area contributed by atoms with Crippen LogP contribution in [0.5, 0.6) is 0 Å². The molecule has 2 amide bonds. The van der Waals surface area contributed by atoms with Crippen LogP contribution in [-0.4, -0.2) is 74.0 Å². The molecule has 2 aliphatic heterocycles. The first-order valence-corrected chi connectivity index (χ1v) is 8.02. The van der Waals surface area contributed by atoms with E-state index < -0.39 is 0 Å². The minimum absolute atomic E-state index is 0.0146. The first-order valence-electron chi connectivity index (χ1n) is 8.02. The molecule has 0 aliphatic carbocycles. The molecule has 0 bridgehead atoms. The zero-order valence-corrected chi connectivity index (χ0v) is 13.2. The maximum Gasteiger partial charge on any atom is 0.237 e. The van der Waals surface area contributed by atoms with E-state index in [9.17, 15) is 9.59 Å². The molecule has 0 saturated carbocycles. The zero-order valence-electron chi connectivity index (χ0n) is 13.2.